The molecule has 122 valence electrons. The van der Waals surface area contributed by atoms with Gasteiger partial charge in [-0.1, -0.05) is 6.07 Å². The Labute approximate surface area is 143 Å². The number of hydrazone groups is 1. The predicted molar refractivity (Wildman–Crippen MR) is 89.0 cm³/mol. The first-order valence-corrected chi connectivity index (χ1v) is 7.19. The molecule has 0 aromatic heterocycles. The van der Waals surface area contributed by atoms with Gasteiger partial charge in [0.05, 0.1) is 20.5 Å². The fraction of sp³-hybridized carbons (Fsp3) is 0. The summed E-state index contributed by atoms with van der Waals surface area (Å²) < 4.78 is 0.333. The average molecular weight is 393 g/mol. The summed E-state index contributed by atoms with van der Waals surface area (Å²) in [5.74, 6) is -0.562. The van der Waals surface area contributed by atoms with E-state index in [0.717, 1.165) is 0 Å². The third-order valence-electron chi connectivity index (χ3n) is 2.89. The van der Waals surface area contributed by atoms with E-state index in [1.807, 2.05) is 0 Å². The van der Waals surface area contributed by atoms with Crippen molar-refractivity contribution in [2.75, 3.05) is 0 Å². The van der Waals surface area contributed by atoms with Crippen LogP contribution < -0.4 is 5.43 Å². The van der Waals surface area contributed by atoms with E-state index in [-0.39, 0.29) is 16.9 Å². The average Bonchev–Trinajstić information content (AvgIpc) is 2.56. The Balaban J connectivity index is 2.05. The van der Waals surface area contributed by atoms with Crippen molar-refractivity contribution in [3.63, 3.8) is 0 Å². The Bertz CT molecular complexity index is 836. The molecule has 0 aliphatic heterocycles. The second kappa shape index (κ2) is 7.42. The van der Waals surface area contributed by atoms with Gasteiger partial charge in [-0.25, -0.2) is 5.43 Å². The Morgan fingerprint density at radius 2 is 1.75 bits per heavy atom. The SMILES string of the molecule is O=C(N/N=C/c1ccc(Br)c([N+](=O)[O-])c1)c1ccc([N+](=O)[O-])cc1. The minimum atomic E-state index is -0.569. The molecule has 0 atom stereocenters. The molecule has 0 saturated carbocycles. The van der Waals surface area contributed by atoms with Gasteiger partial charge in [0.25, 0.3) is 17.3 Å². The summed E-state index contributed by atoms with van der Waals surface area (Å²) in [5.41, 5.74) is 2.61. The van der Waals surface area contributed by atoms with E-state index in [1.54, 1.807) is 6.07 Å². The van der Waals surface area contributed by atoms with Gasteiger partial charge in [-0.05, 0) is 34.1 Å². The number of amides is 1. The normalized spacial score (nSPS) is 10.5. The number of hydrogen-bond acceptors (Lipinski definition) is 6. The van der Waals surface area contributed by atoms with Crippen LogP contribution in [0.1, 0.15) is 15.9 Å². The quantitative estimate of drug-likeness (QED) is 0.474. The van der Waals surface area contributed by atoms with Gasteiger partial charge in [0.15, 0.2) is 0 Å². The maximum atomic E-state index is 11.8. The van der Waals surface area contributed by atoms with E-state index in [2.05, 4.69) is 26.5 Å². The standard InChI is InChI=1S/C14H9BrN4O5/c15-12-6-1-9(7-13(12)19(23)24)8-16-17-14(20)10-2-4-11(5-3-10)18(21)22/h1-8H,(H,17,20)/b16-8+. The summed E-state index contributed by atoms with van der Waals surface area (Å²) in [4.78, 5) is 32.1. The number of nitro groups is 2. The van der Waals surface area contributed by atoms with Crippen LogP contribution in [-0.2, 0) is 0 Å². The number of rotatable bonds is 5. The molecule has 0 aliphatic carbocycles. The zero-order chi connectivity index (χ0) is 17.7. The van der Waals surface area contributed by atoms with E-state index in [1.165, 1.54) is 42.6 Å². The van der Waals surface area contributed by atoms with Crippen molar-refractivity contribution in [2.24, 2.45) is 5.10 Å². The molecule has 2 aromatic carbocycles. The molecule has 0 unspecified atom stereocenters. The van der Waals surface area contributed by atoms with E-state index in [0.29, 0.717) is 10.0 Å². The fourth-order valence-corrected chi connectivity index (χ4v) is 2.11. The Morgan fingerprint density at radius 1 is 1.08 bits per heavy atom. The van der Waals surface area contributed by atoms with Gasteiger partial charge in [0.1, 0.15) is 0 Å². The smallest absolute Gasteiger partial charge is 0.267 e. The molecule has 2 rings (SSSR count). The largest absolute Gasteiger partial charge is 0.284 e. The zero-order valence-corrected chi connectivity index (χ0v) is 13.5. The monoisotopic (exact) mass is 392 g/mol. The van der Waals surface area contributed by atoms with E-state index in [4.69, 9.17) is 0 Å². The van der Waals surface area contributed by atoms with E-state index in [9.17, 15) is 25.0 Å². The van der Waals surface area contributed by atoms with Crippen molar-refractivity contribution in [3.05, 3.63) is 78.3 Å². The number of carbonyl (C=O) groups is 1. The number of nitrogens with one attached hydrogen (secondary N) is 1. The summed E-state index contributed by atoms with van der Waals surface area (Å²) in [6.45, 7) is 0. The highest BCUT2D eigenvalue weighted by Crippen LogP contribution is 2.24. The fourth-order valence-electron chi connectivity index (χ4n) is 1.71. The highest BCUT2D eigenvalue weighted by atomic mass is 79.9. The molecule has 0 heterocycles. The van der Waals surface area contributed by atoms with Crippen molar-refractivity contribution in [2.45, 2.75) is 0 Å². The van der Waals surface area contributed by atoms with Crippen LogP contribution in [0.2, 0.25) is 0 Å². The number of nitro benzene ring substituents is 2. The molecule has 0 bridgehead atoms. The van der Waals surface area contributed by atoms with Crippen LogP contribution in [0, 0.1) is 20.2 Å². The molecular weight excluding hydrogens is 384 g/mol. The maximum absolute atomic E-state index is 11.8. The van der Waals surface area contributed by atoms with Gasteiger partial charge in [-0.15, -0.1) is 0 Å². The second-order valence-corrected chi connectivity index (χ2v) is 5.33. The van der Waals surface area contributed by atoms with Crippen molar-refractivity contribution in [3.8, 4) is 0 Å². The number of hydrogen-bond donors (Lipinski definition) is 1. The highest BCUT2D eigenvalue weighted by Gasteiger charge is 2.12. The summed E-state index contributed by atoms with van der Waals surface area (Å²) in [7, 11) is 0. The molecule has 2 aromatic rings. The van der Waals surface area contributed by atoms with Gasteiger partial charge < -0.3 is 0 Å². The minimum absolute atomic E-state index is 0.124. The first-order valence-electron chi connectivity index (χ1n) is 6.40. The topological polar surface area (TPSA) is 128 Å². The molecule has 1 amide bonds. The Kier molecular flexibility index (Phi) is 5.32. The van der Waals surface area contributed by atoms with Gasteiger partial charge in [-0.3, -0.25) is 25.0 Å². The second-order valence-electron chi connectivity index (χ2n) is 4.47. The van der Waals surface area contributed by atoms with Crippen molar-refractivity contribution in [1.29, 1.82) is 0 Å². The molecule has 24 heavy (non-hydrogen) atoms. The van der Waals surface area contributed by atoms with Gasteiger partial charge in [0, 0.05) is 29.3 Å². The lowest BCUT2D eigenvalue weighted by atomic mass is 10.2. The van der Waals surface area contributed by atoms with Gasteiger partial charge in [-0.2, -0.15) is 5.10 Å². The third kappa shape index (κ3) is 4.20. The minimum Gasteiger partial charge on any atom is -0.267 e. The Hall–Kier alpha value is -3.14. The number of nitrogens with zero attached hydrogens (tertiary/aromatic N) is 3. The van der Waals surface area contributed by atoms with Gasteiger partial charge >= 0.3 is 0 Å². The van der Waals surface area contributed by atoms with Crippen LogP contribution in [0.15, 0.2) is 52.0 Å². The Morgan fingerprint density at radius 3 is 2.33 bits per heavy atom. The molecule has 1 N–H and O–H groups in total. The number of halogens is 1. The molecule has 0 saturated heterocycles. The van der Waals surface area contributed by atoms with Crippen molar-refractivity contribution < 1.29 is 14.6 Å². The van der Waals surface area contributed by atoms with Crippen LogP contribution in [0.25, 0.3) is 0 Å². The molecular formula is C14H9BrN4O5. The lowest BCUT2D eigenvalue weighted by molar-refractivity contribution is -0.385. The van der Waals surface area contributed by atoms with Gasteiger partial charge in [0.2, 0.25) is 0 Å². The van der Waals surface area contributed by atoms with E-state index >= 15 is 0 Å². The number of carbonyl (C=O) groups excluding carboxylic acids is 1. The highest BCUT2D eigenvalue weighted by molar-refractivity contribution is 9.10. The van der Waals surface area contributed by atoms with E-state index < -0.39 is 15.8 Å². The molecule has 9 nitrogen and oxygen atoms in total. The molecule has 0 fully saturated rings. The summed E-state index contributed by atoms with van der Waals surface area (Å²) in [5, 5.41) is 25.1. The van der Waals surface area contributed by atoms with Crippen molar-refractivity contribution >= 4 is 39.4 Å². The summed E-state index contributed by atoms with van der Waals surface area (Å²) in [6, 6.07) is 9.39. The summed E-state index contributed by atoms with van der Waals surface area (Å²) in [6.07, 6.45) is 1.25. The molecule has 0 aliphatic rings. The first kappa shape index (κ1) is 17.2. The van der Waals surface area contributed by atoms with Crippen LogP contribution in [-0.4, -0.2) is 22.0 Å². The predicted octanol–water partition coefficient (Wildman–Crippen LogP) is 3.03. The molecule has 0 radical (unpaired) electrons. The first-order chi connectivity index (χ1) is 11.4. The number of benzene rings is 2. The van der Waals surface area contributed by atoms with Crippen molar-refractivity contribution in [1.82, 2.24) is 5.43 Å². The van der Waals surface area contributed by atoms with Crippen LogP contribution >= 0.6 is 15.9 Å². The van der Waals surface area contributed by atoms with Crippen LogP contribution in [0.4, 0.5) is 11.4 Å². The van der Waals surface area contributed by atoms with Crippen LogP contribution in [0.5, 0.6) is 0 Å². The lowest BCUT2D eigenvalue weighted by Crippen LogP contribution is -2.17. The maximum Gasteiger partial charge on any atom is 0.284 e. The third-order valence-corrected chi connectivity index (χ3v) is 3.56. The lowest BCUT2D eigenvalue weighted by Gasteiger charge is -2.00. The zero-order valence-electron chi connectivity index (χ0n) is 11.9. The van der Waals surface area contributed by atoms with Crippen LogP contribution in [0.3, 0.4) is 0 Å². The molecule has 10 heteroatoms. The summed E-state index contributed by atoms with van der Waals surface area (Å²) >= 11 is 3.07. The number of non-ortho nitro benzene ring substituents is 1. The molecule has 0 spiro atoms.